The number of aromatic nitrogens is 3. The van der Waals surface area contributed by atoms with E-state index in [4.69, 9.17) is 4.74 Å². The molecule has 0 spiro atoms. The molecule has 0 N–H and O–H groups in total. The summed E-state index contributed by atoms with van der Waals surface area (Å²) in [5, 5.41) is 8.85. The Morgan fingerprint density at radius 1 is 0.893 bits per heavy atom. The van der Waals surface area contributed by atoms with Crippen molar-refractivity contribution in [3.05, 3.63) is 65.5 Å². The van der Waals surface area contributed by atoms with Gasteiger partial charge in [0.25, 0.3) is 0 Å². The quantitative estimate of drug-likeness (QED) is 0.600. The van der Waals surface area contributed by atoms with Crippen LogP contribution in [0.4, 0.5) is 0 Å². The molecule has 4 nitrogen and oxygen atoms in total. The van der Waals surface area contributed by atoms with E-state index in [0.29, 0.717) is 6.61 Å². The molecule has 28 heavy (non-hydrogen) atoms. The molecule has 0 aliphatic carbocycles. The van der Waals surface area contributed by atoms with E-state index in [1.165, 1.54) is 24.8 Å². The summed E-state index contributed by atoms with van der Waals surface area (Å²) < 4.78 is 8.25. The van der Waals surface area contributed by atoms with Crippen molar-refractivity contribution >= 4 is 0 Å². The average molecular weight is 376 g/mol. The lowest BCUT2D eigenvalue weighted by atomic mass is 9.87. The van der Waals surface area contributed by atoms with E-state index in [-0.39, 0.29) is 5.41 Å². The van der Waals surface area contributed by atoms with Crippen LogP contribution in [0.2, 0.25) is 0 Å². The zero-order valence-electron chi connectivity index (χ0n) is 17.1. The largest absolute Gasteiger partial charge is 0.489 e. The summed E-state index contributed by atoms with van der Waals surface area (Å²) in [6.07, 6.45) is 4.73. The van der Waals surface area contributed by atoms with Crippen LogP contribution in [-0.2, 0) is 25.0 Å². The Bertz CT molecular complexity index is 918. The van der Waals surface area contributed by atoms with Crippen molar-refractivity contribution in [3.8, 4) is 17.1 Å². The topological polar surface area (TPSA) is 39.9 Å². The Balaban J connectivity index is 1.42. The van der Waals surface area contributed by atoms with Crippen molar-refractivity contribution in [2.45, 2.75) is 65.0 Å². The molecule has 146 valence electrons. The van der Waals surface area contributed by atoms with Crippen LogP contribution in [0.3, 0.4) is 0 Å². The van der Waals surface area contributed by atoms with Crippen molar-refractivity contribution < 1.29 is 4.74 Å². The van der Waals surface area contributed by atoms with Gasteiger partial charge < -0.3 is 9.30 Å². The lowest BCUT2D eigenvalue weighted by Gasteiger charge is -2.19. The first-order chi connectivity index (χ1) is 13.5. The highest BCUT2D eigenvalue weighted by molar-refractivity contribution is 5.56. The number of fused-ring (bicyclic) bond motifs is 1. The number of benzene rings is 2. The molecule has 0 fully saturated rings. The van der Waals surface area contributed by atoms with Crippen LogP contribution in [0, 0.1) is 0 Å². The highest BCUT2D eigenvalue weighted by atomic mass is 16.5. The first-order valence-corrected chi connectivity index (χ1v) is 10.3. The lowest BCUT2D eigenvalue weighted by molar-refractivity contribution is 0.306. The summed E-state index contributed by atoms with van der Waals surface area (Å²) in [6, 6.07) is 16.9. The maximum absolute atomic E-state index is 5.96. The average Bonchev–Trinajstić information content (AvgIpc) is 2.94. The minimum Gasteiger partial charge on any atom is -0.489 e. The maximum atomic E-state index is 5.96. The van der Waals surface area contributed by atoms with Gasteiger partial charge in [0.1, 0.15) is 18.2 Å². The van der Waals surface area contributed by atoms with Crippen LogP contribution < -0.4 is 4.74 Å². The molecule has 2 heterocycles. The van der Waals surface area contributed by atoms with Gasteiger partial charge in [0, 0.05) is 18.5 Å². The van der Waals surface area contributed by atoms with Crippen LogP contribution >= 0.6 is 0 Å². The third kappa shape index (κ3) is 4.11. The Hall–Kier alpha value is -2.62. The minimum atomic E-state index is 0.161. The van der Waals surface area contributed by atoms with E-state index in [2.05, 4.69) is 84.1 Å². The maximum Gasteiger partial charge on any atom is 0.163 e. The molecule has 4 heteroatoms. The normalized spacial score (nSPS) is 14.4. The molecule has 0 bridgehead atoms. The molecular weight excluding hydrogens is 346 g/mol. The van der Waals surface area contributed by atoms with Crippen molar-refractivity contribution in [1.29, 1.82) is 0 Å². The minimum absolute atomic E-state index is 0.161. The smallest absolute Gasteiger partial charge is 0.163 e. The predicted molar refractivity (Wildman–Crippen MR) is 112 cm³/mol. The fourth-order valence-electron chi connectivity index (χ4n) is 3.67. The molecule has 4 rings (SSSR count). The molecule has 0 unspecified atom stereocenters. The van der Waals surface area contributed by atoms with Gasteiger partial charge in [-0.25, -0.2) is 0 Å². The zero-order valence-corrected chi connectivity index (χ0v) is 17.1. The van der Waals surface area contributed by atoms with Gasteiger partial charge in [0.2, 0.25) is 0 Å². The lowest BCUT2D eigenvalue weighted by Crippen LogP contribution is -2.10. The summed E-state index contributed by atoms with van der Waals surface area (Å²) in [5.41, 5.74) is 3.75. The van der Waals surface area contributed by atoms with E-state index in [1.807, 2.05) is 0 Å². The number of aryl methyl sites for hydroxylation is 1. The monoisotopic (exact) mass is 375 g/mol. The second-order valence-electron chi connectivity index (χ2n) is 8.66. The first-order valence-electron chi connectivity index (χ1n) is 10.3. The van der Waals surface area contributed by atoms with Crippen LogP contribution in [0.25, 0.3) is 11.4 Å². The molecule has 1 aromatic heterocycles. The van der Waals surface area contributed by atoms with Crippen molar-refractivity contribution in [2.75, 3.05) is 0 Å². The van der Waals surface area contributed by atoms with E-state index < -0.39 is 0 Å². The zero-order chi connectivity index (χ0) is 19.6. The van der Waals surface area contributed by atoms with Crippen molar-refractivity contribution in [1.82, 2.24) is 14.8 Å². The predicted octanol–water partition coefficient (Wildman–Crippen LogP) is 5.55. The second-order valence-corrected chi connectivity index (χ2v) is 8.66. The van der Waals surface area contributed by atoms with E-state index in [1.54, 1.807) is 0 Å². The molecule has 0 saturated carbocycles. The summed E-state index contributed by atoms with van der Waals surface area (Å²) in [5.74, 6) is 3.01. The van der Waals surface area contributed by atoms with Gasteiger partial charge in [-0.3, -0.25) is 0 Å². The fraction of sp³-hybridized carbons (Fsp3) is 0.417. The van der Waals surface area contributed by atoms with E-state index in [9.17, 15) is 0 Å². The highest BCUT2D eigenvalue weighted by Crippen LogP contribution is 2.25. The Morgan fingerprint density at radius 2 is 1.64 bits per heavy atom. The molecule has 2 aromatic carbocycles. The molecule has 0 radical (unpaired) electrons. The highest BCUT2D eigenvalue weighted by Gasteiger charge is 2.16. The van der Waals surface area contributed by atoms with Gasteiger partial charge in [-0.05, 0) is 41.5 Å². The van der Waals surface area contributed by atoms with Gasteiger partial charge in [-0.15, -0.1) is 10.2 Å². The number of hydrogen-bond donors (Lipinski definition) is 0. The van der Waals surface area contributed by atoms with Gasteiger partial charge in [0.15, 0.2) is 5.82 Å². The van der Waals surface area contributed by atoms with Crippen molar-refractivity contribution in [3.63, 3.8) is 0 Å². The molecule has 3 aromatic rings. The van der Waals surface area contributed by atoms with Gasteiger partial charge in [-0.2, -0.15) is 0 Å². The van der Waals surface area contributed by atoms with Crippen molar-refractivity contribution in [2.24, 2.45) is 0 Å². The van der Waals surface area contributed by atoms with Gasteiger partial charge in [-0.1, -0.05) is 63.6 Å². The number of nitrogens with zero attached hydrogens (tertiary/aromatic N) is 3. The molecule has 1 aliphatic heterocycles. The molecule has 0 saturated heterocycles. The molecule has 0 amide bonds. The van der Waals surface area contributed by atoms with Gasteiger partial charge in [0.05, 0.1) is 0 Å². The summed E-state index contributed by atoms with van der Waals surface area (Å²) in [7, 11) is 0. The van der Waals surface area contributed by atoms with Gasteiger partial charge >= 0.3 is 0 Å². The SMILES string of the molecule is CC(C)(C)c1ccc(OCc2ccc(-c3nnc4n3CCCCC4)cc2)cc1. The van der Waals surface area contributed by atoms with E-state index >= 15 is 0 Å². The fourth-order valence-corrected chi connectivity index (χ4v) is 3.67. The first kappa shape index (κ1) is 18.7. The summed E-state index contributed by atoms with van der Waals surface area (Å²) in [6.45, 7) is 8.25. The van der Waals surface area contributed by atoms with Crippen LogP contribution in [0.15, 0.2) is 48.5 Å². The molecule has 0 atom stereocenters. The Kier molecular flexibility index (Phi) is 5.21. The Labute approximate surface area is 167 Å². The third-order valence-electron chi connectivity index (χ3n) is 5.45. The number of hydrogen-bond acceptors (Lipinski definition) is 3. The third-order valence-corrected chi connectivity index (χ3v) is 5.45. The number of rotatable bonds is 4. The Morgan fingerprint density at radius 3 is 2.36 bits per heavy atom. The summed E-state index contributed by atoms with van der Waals surface area (Å²) in [4.78, 5) is 0. The second kappa shape index (κ2) is 7.78. The van der Waals surface area contributed by atoms with Crippen LogP contribution in [0.5, 0.6) is 5.75 Å². The van der Waals surface area contributed by atoms with Crippen LogP contribution in [-0.4, -0.2) is 14.8 Å². The standard InChI is InChI=1S/C24H29N3O/c1-24(2,3)20-12-14-21(15-13-20)28-17-18-8-10-19(11-9-18)23-26-25-22-7-5-4-6-16-27(22)23/h8-15H,4-7,16-17H2,1-3H3. The summed E-state index contributed by atoms with van der Waals surface area (Å²) >= 11 is 0. The molecule has 1 aliphatic rings. The molecular formula is C24H29N3O. The van der Waals surface area contributed by atoms with Crippen LogP contribution in [0.1, 0.15) is 57.0 Å². The number of ether oxygens (including phenoxy) is 1. The van der Waals surface area contributed by atoms with E-state index in [0.717, 1.165) is 41.5 Å².